The summed E-state index contributed by atoms with van der Waals surface area (Å²) in [4.78, 5) is 2.34. The second-order valence-corrected chi connectivity index (χ2v) is 3.79. The Bertz CT molecular complexity index is 225. The van der Waals surface area contributed by atoms with Crippen molar-refractivity contribution in [2.75, 3.05) is 19.6 Å². The first-order chi connectivity index (χ1) is 8.77. The van der Waals surface area contributed by atoms with Crippen LogP contribution >= 0.6 is 0 Å². The van der Waals surface area contributed by atoms with Gasteiger partial charge in [0.05, 0.1) is 0 Å². The molecule has 0 aromatic carbocycles. The van der Waals surface area contributed by atoms with Crippen LogP contribution in [0.25, 0.3) is 0 Å². The third-order valence-electron chi connectivity index (χ3n) is 2.75. The third kappa shape index (κ3) is 8.46. The molecular weight excluding hydrogens is 225 g/mol. The minimum Gasteiger partial charge on any atom is -0.299 e. The molecule has 1 aliphatic rings. The predicted molar refractivity (Wildman–Crippen MR) is 81.6 cm³/mol. The van der Waals surface area contributed by atoms with Crippen LogP contribution in [0, 0.1) is 0 Å². The maximum Gasteiger partial charge on any atom is 0.123 e. The van der Waals surface area contributed by atoms with E-state index in [1.807, 2.05) is 40.7 Å². The van der Waals surface area contributed by atoms with E-state index in [-0.39, 0.29) is 5.83 Å². The fourth-order valence-electron chi connectivity index (χ4n) is 1.85. The molecule has 1 heterocycles. The Morgan fingerprint density at radius 1 is 0.944 bits per heavy atom. The van der Waals surface area contributed by atoms with Crippen molar-refractivity contribution in [1.29, 1.82) is 0 Å². The highest BCUT2D eigenvalue weighted by molar-refractivity contribution is 5.25. The number of allylic oxidation sites excluding steroid dienone is 2. The minimum atomic E-state index is -0.0712. The molecule has 0 bridgehead atoms. The summed E-state index contributed by atoms with van der Waals surface area (Å²) < 4.78 is 13.3. The summed E-state index contributed by atoms with van der Waals surface area (Å²) >= 11 is 0. The highest BCUT2D eigenvalue weighted by atomic mass is 19.1. The smallest absolute Gasteiger partial charge is 0.123 e. The van der Waals surface area contributed by atoms with Crippen molar-refractivity contribution in [2.24, 2.45) is 0 Å². The van der Waals surface area contributed by atoms with Crippen molar-refractivity contribution in [3.8, 4) is 0 Å². The summed E-state index contributed by atoms with van der Waals surface area (Å²) in [5.74, 6) is -0.0712. The Balaban J connectivity index is 0. The lowest BCUT2D eigenvalue weighted by Gasteiger charge is -2.27. The monoisotopic (exact) mass is 257 g/mol. The summed E-state index contributed by atoms with van der Waals surface area (Å²) in [6.07, 6.45) is 7.26. The average molecular weight is 257 g/mol. The van der Waals surface area contributed by atoms with E-state index < -0.39 is 0 Å². The summed E-state index contributed by atoms with van der Waals surface area (Å²) in [6, 6.07) is 0. The molecule has 0 amide bonds. The summed E-state index contributed by atoms with van der Waals surface area (Å²) in [5.41, 5.74) is 0.828. The first-order valence-electron chi connectivity index (χ1n) is 7.47. The van der Waals surface area contributed by atoms with Crippen molar-refractivity contribution in [2.45, 2.75) is 60.8 Å². The molecule has 1 rings (SSSR count). The van der Waals surface area contributed by atoms with Gasteiger partial charge in [0.1, 0.15) is 5.83 Å². The van der Waals surface area contributed by atoms with Crippen LogP contribution in [-0.2, 0) is 0 Å². The van der Waals surface area contributed by atoms with E-state index >= 15 is 0 Å². The molecule has 0 saturated carbocycles. The van der Waals surface area contributed by atoms with Crippen LogP contribution in [0.1, 0.15) is 60.8 Å². The Morgan fingerprint density at radius 3 is 1.83 bits per heavy atom. The largest absolute Gasteiger partial charge is 0.299 e. The van der Waals surface area contributed by atoms with Gasteiger partial charge in [0, 0.05) is 6.54 Å². The van der Waals surface area contributed by atoms with Gasteiger partial charge in [-0.25, -0.2) is 4.39 Å². The number of piperidine rings is 1. The number of likely N-dealkylation sites (tertiary alicyclic amines) is 1. The molecule has 1 nitrogen and oxygen atoms in total. The molecule has 0 aromatic heterocycles. The van der Waals surface area contributed by atoms with Crippen LogP contribution in [0.5, 0.6) is 0 Å². The minimum absolute atomic E-state index is 0.0712. The van der Waals surface area contributed by atoms with Gasteiger partial charge in [0.2, 0.25) is 0 Å². The molecule has 0 radical (unpaired) electrons. The van der Waals surface area contributed by atoms with E-state index in [1.165, 1.54) is 19.3 Å². The lowest BCUT2D eigenvalue weighted by atomic mass is 10.1. The molecule has 0 aliphatic carbocycles. The van der Waals surface area contributed by atoms with Gasteiger partial charge in [-0.3, -0.25) is 4.90 Å². The van der Waals surface area contributed by atoms with E-state index in [0.717, 1.165) is 25.2 Å². The number of hydrogen-bond acceptors (Lipinski definition) is 1. The van der Waals surface area contributed by atoms with Gasteiger partial charge in [-0.15, -0.1) is 0 Å². The lowest BCUT2D eigenvalue weighted by Crippen LogP contribution is -2.31. The van der Waals surface area contributed by atoms with Crippen molar-refractivity contribution in [3.63, 3.8) is 0 Å². The van der Waals surface area contributed by atoms with Gasteiger partial charge in [-0.1, -0.05) is 46.3 Å². The summed E-state index contributed by atoms with van der Waals surface area (Å²) in [5, 5.41) is 0. The predicted octanol–water partition coefficient (Wildman–Crippen LogP) is 5.34. The Labute approximate surface area is 114 Å². The van der Waals surface area contributed by atoms with E-state index in [1.54, 1.807) is 13.0 Å². The SMILES string of the molecule is C/C=C(CN1CCCCC1)\C(F)=C/C.CC.CC. The zero-order valence-electron chi connectivity index (χ0n) is 13.2. The summed E-state index contributed by atoms with van der Waals surface area (Å²) in [6.45, 7) is 14.7. The molecule has 1 aliphatic heterocycles. The van der Waals surface area contributed by atoms with Crippen molar-refractivity contribution in [1.82, 2.24) is 4.90 Å². The number of hydrogen-bond donors (Lipinski definition) is 0. The molecule has 0 N–H and O–H groups in total. The number of rotatable bonds is 3. The van der Waals surface area contributed by atoms with Gasteiger partial charge >= 0.3 is 0 Å². The molecule has 1 fully saturated rings. The molecule has 18 heavy (non-hydrogen) atoms. The Morgan fingerprint density at radius 2 is 1.44 bits per heavy atom. The highest BCUT2D eigenvalue weighted by Crippen LogP contribution is 2.16. The fourth-order valence-corrected chi connectivity index (χ4v) is 1.85. The molecular formula is C16H32FN. The standard InChI is InChI=1S/C12H20FN.2C2H6/c1-3-11(12(13)4-2)10-14-8-6-5-7-9-14;2*1-2/h3-4H,5-10H2,1-2H3;2*1-2H3/b11-3-,12-4+;;. The van der Waals surface area contributed by atoms with E-state index in [4.69, 9.17) is 0 Å². The summed E-state index contributed by atoms with van der Waals surface area (Å²) in [7, 11) is 0. The first kappa shape index (κ1) is 19.7. The number of nitrogens with zero attached hydrogens (tertiary/aromatic N) is 1. The van der Waals surface area contributed by atoms with Crippen LogP contribution in [0.15, 0.2) is 23.6 Å². The van der Waals surface area contributed by atoms with Gasteiger partial charge in [0.25, 0.3) is 0 Å². The topological polar surface area (TPSA) is 3.24 Å². The molecule has 1 saturated heterocycles. The number of halogens is 1. The molecule has 0 unspecified atom stereocenters. The maximum absolute atomic E-state index is 13.3. The second kappa shape index (κ2) is 14.4. The first-order valence-corrected chi connectivity index (χ1v) is 7.47. The van der Waals surface area contributed by atoms with Crippen molar-refractivity contribution < 1.29 is 4.39 Å². The van der Waals surface area contributed by atoms with Crippen LogP contribution in [0.3, 0.4) is 0 Å². The zero-order chi connectivity index (χ0) is 14.4. The Kier molecular flexibility index (Phi) is 15.8. The zero-order valence-corrected chi connectivity index (χ0v) is 13.2. The molecule has 0 atom stereocenters. The molecule has 0 spiro atoms. The van der Waals surface area contributed by atoms with Crippen LogP contribution in [0.4, 0.5) is 4.39 Å². The van der Waals surface area contributed by atoms with Crippen LogP contribution in [0.2, 0.25) is 0 Å². The highest BCUT2D eigenvalue weighted by Gasteiger charge is 2.12. The van der Waals surface area contributed by atoms with Crippen LogP contribution in [-0.4, -0.2) is 24.5 Å². The van der Waals surface area contributed by atoms with E-state index in [9.17, 15) is 4.39 Å². The Hall–Kier alpha value is -0.630. The van der Waals surface area contributed by atoms with Gasteiger partial charge in [0.15, 0.2) is 0 Å². The molecule has 2 heteroatoms. The van der Waals surface area contributed by atoms with Gasteiger partial charge < -0.3 is 0 Å². The average Bonchev–Trinajstić information content (AvgIpc) is 2.49. The quantitative estimate of drug-likeness (QED) is 0.616. The fraction of sp³-hybridized carbons (Fsp3) is 0.750. The lowest BCUT2D eigenvalue weighted by molar-refractivity contribution is 0.245. The van der Waals surface area contributed by atoms with Gasteiger partial charge in [-0.05, 0) is 45.4 Å². The second-order valence-electron chi connectivity index (χ2n) is 3.79. The van der Waals surface area contributed by atoms with E-state index in [2.05, 4.69) is 4.90 Å². The normalized spacial score (nSPS) is 17.3. The molecule has 0 aromatic rings. The van der Waals surface area contributed by atoms with E-state index in [0.29, 0.717) is 0 Å². The third-order valence-corrected chi connectivity index (χ3v) is 2.75. The van der Waals surface area contributed by atoms with Gasteiger partial charge in [-0.2, -0.15) is 0 Å². The van der Waals surface area contributed by atoms with Crippen molar-refractivity contribution >= 4 is 0 Å². The maximum atomic E-state index is 13.3. The van der Waals surface area contributed by atoms with Crippen molar-refractivity contribution in [3.05, 3.63) is 23.6 Å². The molecule has 108 valence electrons. The van der Waals surface area contributed by atoms with Crippen LogP contribution < -0.4 is 0 Å².